The van der Waals surface area contributed by atoms with E-state index >= 15 is 0 Å². The standard InChI is InChI=1S/C10H11FO3/c1-7(5-10(13)14)3-4-9(11)8(2)6-12/h3-6H,1-2H3,(H,13,14). The van der Waals surface area contributed by atoms with Gasteiger partial charge in [0.05, 0.1) is 0 Å². The van der Waals surface area contributed by atoms with Crippen molar-refractivity contribution in [1.82, 2.24) is 0 Å². The van der Waals surface area contributed by atoms with E-state index in [0.717, 1.165) is 12.2 Å². The summed E-state index contributed by atoms with van der Waals surface area (Å²) in [6.45, 7) is 2.86. The summed E-state index contributed by atoms with van der Waals surface area (Å²) in [5.74, 6) is -1.76. The number of carboxylic acids is 1. The molecular formula is C10H11FO3. The van der Waals surface area contributed by atoms with E-state index in [0.29, 0.717) is 11.9 Å². The van der Waals surface area contributed by atoms with Crippen LogP contribution in [0.2, 0.25) is 0 Å². The molecule has 0 aliphatic rings. The summed E-state index contributed by atoms with van der Waals surface area (Å²) in [5, 5.41) is 8.33. The second-order valence-corrected chi connectivity index (χ2v) is 2.71. The van der Waals surface area contributed by atoms with Crippen molar-refractivity contribution in [2.45, 2.75) is 13.8 Å². The van der Waals surface area contributed by atoms with Crippen LogP contribution in [0.25, 0.3) is 0 Å². The van der Waals surface area contributed by atoms with Crippen molar-refractivity contribution in [1.29, 1.82) is 0 Å². The van der Waals surface area contributed by atoms with Gasteiger partial charge >= 0.3 is 5.97 Å². The summed E-state index contributed by atoms with van der Waals surface area (Å²) in [7, 11) is 0. The number of hydrogen-bond acceptors (Lipinski definition) is 2. The molecular weight excluding hydrogens is 187 g/mol. The summed E-state index contributed by atoms with van der Waals surface area (Å²) in [6.07, 6.45) is 3.69. The van der Waals surface area contributed by atoms with Gasteiger partial charge in [0.2, 0.25) is 0 Å². The van der Waals surface area contributed by atoms with Gasteiger partial charge in [-0.1, -0.05) is 6.08 Å². The lowest BCUT2D eigenvalue weighted by atomic mass is 10.2. The third-order valence-electron chi connectivity index (χ3n) is 1.40. The van der Waals surface area contributed by atoms with Crippen LogP contribution in [-0.2, 0) is 9.59 Å². The Labute approximate surface area is 81.2 Å². The molecule has 0 bridgehead atoms. The third-order valence-corrected chi connectivity index (χ3v) is 1.40. The Morgan fingerprint density at radius 2 is 1.86 bits per heavy atom. The molecule has 0 aliphatic heterocycles. The molecule has 0 saturated heterocycles. The van der Waals surface area contributed by atoms with Crippen LogP contribution >= 0.6 is 0 Å². The van der Waals surface area contributed by atoms with Crippen LogP contribution < -0.4 is 0 Å². The summed E-state index contributed by atoms with van der Waals surface area (Å²) < 4.78 is 12.9. The molecule has 0 aromatic carbocycles. The lowest BCUT2D eigenvalue weighted by molar-refractivity contribution is -0.131. The maximum Gasteiger partial charge on any atom is 0.328 e. The fourth-order valence-corrected chi connectivity index (χ4v) is 0.635. The maximum atomic E-state index is 12.9. The van der Waals surface area contributed by atoms with E-state index in [1.165, 1.54) is 19.9 Å². The molecule has 0 heterocycles. The van der Waals surface area contributed by atoms with Crippen molar-refractivity contribution < 1.29 is 19.1 Å². The second-order valence-electron chi connectivity index (χ2n) is 2.71. The first-order valence-corrected chi connectivity index (χ1v) is 3.88. The molecule has 14 heavy (non-hydrogen) atoms. The molecule has 0 unspecified atom stereocenters. The van der Waals surface area contributed by atoms with Crippen LogP contribution in [0.15, 0.2) is 35.2 Å². The highest BCUT2D eigenvalue weighted by atomic mass is 19.1. The van der Waals surface area contributed by atoms with E-state index in [9.17, 15) is 14.0 Å². The summed E-state index contributed by atoms with van der Waals surface area (Å²) >= 11 is 0. The largest absolute Gasteiger partial charge is 0.478 e. The Hall–Kier alpha value is -1.71. The normalized spacial score (nSPS) is 14.1. The zero-order chi connectivity index (χ0) is 11.1. The highest BCUT2D eigenvalue weighted by molar-refractivity contribution is 5.81. The minimum atomic E-state index is -1.09. The zero-order valence-corrected chi connectivity index (χ0v) is 7.95. The number of allylic oxidation sites excluding steroid dienone is 5. The van der Waals surface area contributed by atoms with E-state index in [4.69, 9.17) is 5.11 Å². The highest BCUT2D eigenvalue weighted by Gasteiger charge is 1.95. The van der Waals surface area contributed by atoms with Gasteiger partial charge in [-0.15, -0.1) is 0 Å². The van der Waals surface area contributed by atoms with Crippen LogP contribution in [0.5, 0.6) is 0 Å². The van der Waals surface area contributed by atoms with Crippen LogP contribution in [0.4, 0.5) is 4.39 Å². The Morgan fingerprint density at radius 3 is 2.29 bits per heavy atom. The average molecular weight is 198 g/mol. The van der Waals surface area contributed by atoms with Gasteiger partial charge in [0.25, 0.3) is 0 Å². The molecule has 0 atom stereocenters. The van der Waals surface area contributed by atoms with E-state index in [2.05, 4.69) is 0 Å². The molecule has 0 aliphatic carbocycles. The Balaban J connectivity index is 4.61. The van der Waals surface area contributed by atoms with Crippen LogP contribution in [0, 0.1) is 0 Å². The molecule has 0 aromatic rings. The molecule has 1 N–H and O–H groups in total. The first-order chi connectivity index (χ1) is 6.47. The van der Waals surface area contributed by atoms with Crippen LogP contribution in [-0.4, -0.2) is 17.4 Å². The molecule has 0 amide bonds. The first-order valence-electron chi connectivity index (χ1n) is 3.88. The van der Waals surface area contributed by atoms with Crippen molar-refractivity contribution in [3.63, 3.8) is 0 Å². The Bertz CT molecular complexity index is 324. The molecule has 0 fully saturated rings. The molecule has 4 heteroatoms. The number of carbonyl (C=O) groups is 2. The van der Waals surface area contributed by atoms with E-state index < -0.39 is 11.8 Å². The SMILES string of the molecule is CC(C=CC(F)=C(C)C=O)=CC(=O)O. The van der Waals surface area contributed by atoms with Crippen molar-refractivity contribution in [2.75, 3.05) is 0 Å². The lowest BCUT2D eigenvalue weighted by Crippen LogP contribution is -1.88. The Kier molecular flexibility index (Phi) is 5.14. The number of aliphatic carboxylic acids is 1. The van der Waals surface area contributed by atoms with Crippen molar-refractivity contribution in [3.8, 4) is 0 Å². The average Bonchev–Trinajstić information content (AvgIpc) is 2.11. The first kappa shape index (κ1) is 12.3. The van der Waals surface area contributed by atoms with Gasteiger partial charge in [-0.3, -0.25) is 4.79 Å². The summed E-state index contributed by atoms with van der Waals surface area (Å²) in [5.41, 5.74) is 0.371. The molecule has 76 valence electrons. The van der Waals surface area contributed by atoms with Gasteiger partial charge < -0.3 is 5.11 Å². The second kappa shape index (κ2) is 5.85. The quantitative estimate of drug-likeness (QED) is 0.427. The summed E-state index contributed by atoms with van der Waals surface area (Å²) in [6, 6.07) is 0. The van der Waals surface area contributed by atoms with Crippen molar-refractivity contribution in [2.24, 2.45) is 0 Å². The fourth-order valence-electron chi connectivity index (χ4n) is 0.635. The van der Waals surface area contributed by atoms with Crippen molar-refractivity contribution in [3.05, 3.63) is 35.2 Å². The number of aldehydes is 1. The number of hydrogen-bond donors (Lipinski definition) is 1. The van der Waals surface area contributed by atoms with Gasteiger partial charge in [0.1, 0.15) is 12.1 Å². The molecule has 3 nitrogen and oxygen atoms in total. The van der Waals surface area contributed by atoms with E-state index in [1.807, 2.05) is 0 Å². The zero-order valence-electron chi connectivity index (χ0n) is 7.95. The van der Waals surface area contributed by atoms with Crippen LogP contribution in [0.1, 0.15) is 13.8 Å². The molecule has 0 aromatic heterocycles. The minimum absolute atomic E-state index is 0.0237. The third kappa shape index (κ3) is 5.03. The van der Waals surface area contributed by atoms with Gasteiger partial charge in [0, 0.05) is 11.6 Å². The van der Waals surface area contributed by atoms with Gasteiger partial charge in [0.15, 0.2) is 0 Å². The summed E-state index contributed by atoms with van der Waals surface area (Å²) in [4.78, 5) is 20.3. The van der Waals surface area contributed by atoms with Crippen LogP contribution in [0.3, 0.4) is 0 Å². The number of halogens is 1. The molecule has 0 saturated carbocycles. The van der Waals surface area contributed by atoms with Gasteiger partial charge in [-0.2, -0.15) is 0 Å². The lowest BCUT2D eigenvalue weighted by Gasteiger charge is -1.91. The molecule has 0 spiro atoms. The predicted molar refractivity (Wildman–Crippen MR) is 50.4 cm³/mol. The topological polar surface area (TPSA) is 54.4 Å². The number of rotatable bonds is 4. The molecule has 0 radical (unpaired) electrons. The minimum Gasteiger partial charge on any atom is -0.478 e. The van der Waals surface area contributed by atoms with Crippen molar-refractivity contribution >= 4 is 12.3 Å². The smallest absolute Gasteiger partial charge is 0.328 e. The molecule has 0 rings (SSSR count). The van der Waals surface area contributed by atoms with E-state index in [-0.39, 0.29) is 5.57 Å². The highest BCUT2D eigenvalue weighted by Crippen LogP contribution is 2.07. The van der Waals surface area contributed by atoms with Gasteiger partial charge in [-0.25, -0.2) is 9.18 Å². The fraction of sp³-hybridized carbons (Fsp3) is 0.200. The van der Waals surface area contributed by atoms with E-state index in [1.54, 1.807) is 0 Å². The number of carboxylic acid groups (broad SMARTS) is 1. The predicted octanol–water partition coefficient (Wildman–Crippen LogP) is 2.02. The van der Waals surface area contributed by atoms with Gasteiger partial charge in [-0.05, 0) is 25.5 Å². The maximum absolute atomic E-state index is 12.9. The Morgan fingerprint density at radius 1 is 1.29 bits per heavy atom. The monoisotopic (exact) mass is 198 g/mol. The number of carbonyl (C=O) groups excluding carboxylic acids is 1.